The Morgan fingerprint density at radius 2 is 2.19 bits per heavy atom. The third kappa shape index (κ3) is 1.88. The number of hydrogen-bond donors (Lipinski definition) is 1. The zero-order valence-corrected chi connectivity index (χ0v) is 9.92. The van der Waals surface area contributed by atoms with Crippen molar-refractivity contribution in [2.24, 2.45) is 0 Å². The molecule has 0 fully saturated rings. The number of nitrogens with two attached hydrogens (primary N) is 1. The highest BCUT2D eigenvalue weighted by molar-refractivity contribution is 9.10. The second-order valence-corrected chi connectivity index (χ2v) is 3.94. The van der Waals surface area contributed by atoms with Crippen LogP contribution in [0.15, 0.2) is 27.2 Å². The number of rotatable bonds is 2. The van der Waals surface area contributed by atoms with E-state index in [9.17, 15) is 4.39 Å². The van der Waals surface area contributed by atoms with E-state index in [1.54, 1.807) is 0 Å². The molecule has 0 unspecified atom stereocenters. The van der Waals surface area contributed by atoms with Crippen molar-refractivity contribution in [2.75, 3.05) is 12.8 Å². The van der Waals surface area contributed by atoms with Crippen molar-refractivity contribution >= 4 is 21.8 Å². The Labute approximate surface area is 99.3 Å². The molecule has 0 aliphatic heterocycles. The first-order chi connectivity index (χ1) is 7.61. The van der Waals surface area contributed by atoms with Crippen LogP contribution in [0, 0.1) is 5.82 Å². The lowest BCUT2D eigenvalue weighted by Crippen LogP contribution is -1.91. The van der Waals surface area contributed by atoms with Crippen LogP contribution in [-0.2, 0) is 0 Å². The van der Waals surface area contributed by atoms with Gasteiger partial charge in [-0.25, -0.2) is 4.39 Å². The van der Waals surface area contributed by atoms with E-state index in [0.29, 0.717) is 21.5 Å². The smallest absolute Gasteiger partial charge is 0.222 e. The second kappa shape index (κ2) is 4.13. The van der Waals surface area contributed by atoms with Crippen molar-refractivity contribution in [3.63, 3.8) is 0 Å². The zero-order chi connectivity index (χ0) is 11.7. The lowest BCUT2D eigenvalue weighted by molar-refractivity contribution is 0.410. The summed E-state index contributed by atoms with van der Waals surface area (Å²) in [6.45, 7) is 0. The van der Waals surface area contributed by atoms with Gasteiger partial charge in [0.1, 0.15) is 17.3 Å². The molecule has 0 bridgehead atoms. The predicted octanol–water partition coefficient (Wildman–Crippen LogP) is 2.83. The molecule has 0 aliphatic carbocycles. The van der Waals surface area contributed by atoms with Crippen LogP contribution < -0.4 is 10.5 Å². The van der Waals surface area contributed by atoms with Crippen LogP contribution >= 0.6 is 15.9 Å². The molecule has 0 aliphatic rings. The molecule has 1 heterocycles. The fourth-order valence-electron chi connectivity index (χ4n) is 1.37. The zero-order valence-electron chi connectivity index (χ0n) is 8.33. The first-order valence-corrected chi connectivity index (χ1v) is 5.16. The highest BCUT2D eigenvalue weighted by atomic mass is 79.9. The highest BCUT2D eigenvalue weighted by Gasteiger charge is 2.15. The molecule has 4 nitrogen and oxygen atoms in total. The maximum atomic E-state index is 13.3. The first-order valence-electron chi connectivity index (χ1n) is 4.37. The van der Waals surface area contributed by atoms with E-state index in [2.05, 4.69) is 21.1 Å². The minimum atomic E-state index is -0.399. The standard InChI is InChI=1S/C10H8BrFN2O2/c1-15-10-6(2-5(12)3-7(10)11)8-4-9(13)16-14-8/h2-4H,13H2,1H3. The molecule has 0 saturated heterocycles. The molecule has 0 radical (unpaired) electrons. The van der Waals surface area contributed by atoms with Crippen LogP contribution in [0.3, 0.4) is 0 Å². The number of hydrogen-bond acceptors (Lipinski definition) is 4. The Hall–Kier alpha value is -1.56. The summed E-state index contributed by atoms with van der Waals surface area (Å²) in [6.07, 6.45) is 0. The van der Waals surface area contributed by atoms with Crippen LogP contribution in [0.25, 0.3) is 11.3 Å². The summed E-state index contributed by atoms with van der Waals surface area (Å²) in [5, 5.41) is 3.71. The van der Waals surface area contributed by atoms with Gasteiger partial charge in [0.25, 0.3) is 0 Å². The minimum Gasteiger partial charge on any atom is -0.495 e. The number of nitrogen functional groups attached to an aromatic ring is 1. The van der Waals surface area contributed by atoms with Gasteiger partial charge in [-0.15, -0.1) is 0 Å². The van der Waals surface area contributed by atoms with Gasteiger partial charge >= 0.3 is 0 Å². The van der Waals surface area contributed by atoms with E-state index in [4.69, 9.17) is 15.0 Å². The largest absolute Gasteiger partial charge is 0.495 e. The fourth-order valence-corrected chi connectivity index (χ4v) is 1.97. The molecule has 6 heteroatoms. The van der Waals surface area contributed by atoms with Crippen LogP contribution in [0.1, 0.15) is 0 Å². The second-order valence-electron chi connectivity index (χ2n) is 3.08. The molecule has 16 heavy (non-hydrogen) atoms. The lowest BCUT2D eigenvalue weighted by atomic mass is 10.1. The Balaban J connectivity index is 2.63. The van der Waals surface area contributed by atoms with Gasteiger partial charge in [-0.2, -0.15) is 0 Å². The van der Waals surface area contributed by atoms with Gasteiger partial charge in [0.05, 0.1) is 11.6 Å². The Kier molecular flexibility index (Phi) is 2.82. The number of aromatic nitrogens is 1. The summed E-state index contributed by atoms with van der Waals surface area (Å²) < 4.78 is 23.7. The van der Waals surface area contributed by atoms with E-state index in [1.165, 1.54) is 25.3 Å². The molecule has 1 aromatic carbocycles. The number of methoxy groups -OCH3 is 1. The summed E-state index contributed by atoms with van der Waals surface area (Å²) >= 11 is 3.21. The van der Waals surface area contributed by atoms with E-state index < -0.39 is 5.82 Å². The molecule has 2 N–H and O–H groups in total. The summed E-state index contributed by atoms with van der Waals surface area (Å²) in [4.78, 5) is 0. The van der Waals surface area contributed by atoms with E-state index >= 15 is 0 Å². The molecule has 0 amide bonds. The van der Waals surface area contributed by atoms with Crippen molar-refractivity contribution < 1.29 is 13.7 Å². The van der Waals surface area contributed by atoms with E-state index in [1.807, 2.05) is 0 Å². The van der Waals surface area contributed by atoms with Crippen LogP contribution in [0.2, 0.25) is 0 Å². The molecule has 2 rings (SSSR count). The predicted molar refractivity (Wildman–Crippen MR) is 60.6 cm³/mol. The molecule has 1 aromatic heterocycles. The number of anilines is 1. The Morgan fingerprint density at radius 1 is 1.44 bits per heavy atom. The monoisotopic (exact) mass is 286 g/mol. The molecule has 0 spiro atoms. The van der Waals surface area contributed by atoms with Gasteiger partial charge in [0, 0.05) is 11.6 Å². The quantitative estimate of drug-likeness (QED) is 0.922. The van der Waals surface area contributed by atoms with Crippen molar-refractivity contribution in [1.29, 1.82) is 0 Å². The average molecular weight is 287 g/mol. The number of benzene rings is 1. The van der Waals surface area contributed by atoms with Gasteiger partial charge in [0.2, 0.25) is 5.88 Å². The normalized spacial score (nSPS) is 10.4. The number of nitrogens with zero attached hydrogens (tertiary/aromatic N) is 1. The van der Waals surface area contributed by atoms with Crippen LogP contribution in [0.4, 0.5) is 10.3 Å². The fraction of sp³-hybridized carbons (Fsp3) is 0.100. The molecule has 0 saturated carbocycles. The molecule has 84 valence electrons. The van der Waals surface area contributed by atoms with Gasteiger partial charge < -0.3 is 15.0 Å². The first kappa shape index (κ1) is 10.9. The highest BCUT2D eigenvalue weighted by Crippen LogP contribution is 2.37. The summed E-state index contributed by atoms with van der Waals surface area (Å²) in [5.41, 5.74) is 6.31. The Bertz CT molecular complexity index is 528. The van der Waals surface area contributed by atoms with Gasteiger partial charge in [-0.3, -0.25) is 0 Å². The van der Waals surface area contributed by atoms with Crippen molar-refractivity contribution in [1.82, 2.24) is 5.16 Å². The molecule has 0 atom stereocenters. The molecular weight excluding hydrogens is 279 g/mol. The maximum absolute atomic E-state index is 13.3. The van der Waals surface area contributed by atoms with E-state index in [0.717, 1.165) is 0 Å². The summed E-state index contributed by atoms with van der Waals surface area (Å²) in [5.74, 6) is 0.247. The van der Waals surface area contributed by atoms with Crippen molar-refractivity contribution in [2.45, 2.75) is 0 Å². The minimum absolute atomic E-state index is 0.164. The van der Waals surface area contributed by atoms with Crippen LogP contribution in [-0.4, -0.2) is 12.3 Å². The van der Waals surface area contributed by atoms with Gasteiger partial charge in [-0.05, 0) is 28.1 Å². The van der Waals surface area contributed by atoms with Crippen LogP contribution in [0.5, 0.6) is 5.75 Å². The summed E-state index contributed by atoms with van der Waals surface area (Å²) in [6, 6.07) is 4.12. The summed E-state index contributed by atoms with van der Waals surface area (Å²) in [7, 11) is 1.49. The molecule has 2 aromatic rings. The van der Waals surface area contributed by atoms with E-state index in [-0.39, 0.29) is 5.88 Å². The number of ether oxygens (including phenoxy) is 1. The Morgan fingerprint density at radius 3 is 2.75 bits per heavy atom. The third-order valence-electron chi connectivity index (χ3n) is 2.02. The third-order valence-corrected chi connectivity index (χ3v) is 2.61. The number of halogens is 2. The average Bonchev–Trinajstić information content (AvgIpc) is 2.63. The topological polar surface area (TPSA) is 61.3 Å². The van der Waals surface area contributed by atoms with Crippen molar-refractivity contribution in [3.05, 3.63) is 28.5 Å². The SMILES string of the molecule is COc1c(Br)cc(F)cc1-c1cc(N)on1. The van der Waals surface area contributed by atoms with Gasteiger partial charge in [-0.1, -0.05) is 5.16 Å². The maximum Gasteiger partial charge on any atom is 0.222 e. The molecular formula is C10H8BrFN2O2. The van der Waals surface area contributed by atoms with Crippen molar-refractivity contribution in [3.8, 4) is 17.0 Å². The van der Waals surface area contributed by atoms with Gasteiger partial charge in [0.15, 0.2) is 0 Å². The lowest BCUT2D eigenvalue weighted by Gasteiger charge is -2.08.